The second-order valence-electron chi connectivity index (χ2n) is 6.99. The first-order valence-corrected chi connectivity index (χ1v) is 10.0. The number of halogens is 1. The quantitative estimate of drug-likeness (QED) is 0.667. The molecule has 0 spiro atoms. The summed E-state index contributed by atoms with van der Waals surface area (Å²) in [6, 6.07) is 16.3. The van der Waals surface area contributed by atoms with Gasteiger partial charge in [0.15, 0.2) is 0 Å². The minimum atomic E-state index is -0.0298. The third-order valence-electron chi connectivity index (χ3n) is 4.87. The van der Waals surface area contributed by atoms with Gasteiger partial charge in [-0.25, -0.2) is 0 Å². The Bertz CT molecular complexity index is 712. The van der Waals surface area contributed by atoms with Crippen LogP contribution in [0.3, 0.4) is 0 Å². The summed E-state index contributed by atoms with van der Waals surface area (Å²) in [7, 11) is 0. The Hall–Kier alpha value is -1.56. The molecule has 2 atom stereocenters. The van der Waals surface area contributed by atoms with E-state index in [-0.39, 0.29) is 11.9 Å². The van der Waals surface area contributed by atoms with Crippen molar-refractivity contribution in [1.29, 1.82) is 0 Å². The molecule has 2 aromatic carbocycles. The Balaban J connectivity index is 1.63. The monoisotopic (exact) mass is 448 g/mol. The topological polar surface area (TPSA) is 32.3 Å². The maximum Gasteiger partial charge on any atom is 0.251 e. The standard InChI is InChI=1S/C21H25IN2O/c1-15-4-3-13-24(14-15)20-11-7-17(8-12-20)16(2)23-21(25)18-5-9-19(22)10-6-18/h5-12,15-16H,3-4,13-14H2,1-2H3,(H,23,25)/t15-,16-/m1/s1. The van der Waals surface area contributed by atoms with Crippen LogP contribution in [-0.2, 0) is 0 Å². The van der Waals surface area contributed by atoms with Crippen LogP contribution in [-0.4, -0.2) is 19.0 Å². The fourth-order valence-electron chi connectivity index (χ4n) is 3.36. The molecule has 0 saturated carbocycles. The number of rotatable bonds is 4. The molecule has 1 N–H and O–H groups in total. The molecule has 1 aliphatic heterocycles. The zero-order valence-corrected chi connectivity index (χ0v) is 17.0. The number of nitrogens with one attached hydrogen (secondary N) is 1. The second kappa shape index (κ2) is 8.21. The van der Waals surface area contributed by atoms with Gasteiger partial charge in [-0.2, -0.15) is 0 Å². The van der Waals surface area contributed by atoms with Crippen LogP contribution in [0.4, 0.5) is 5.69 Å². The fraction of sp³-hybridized carbons (Fsp3) is 0.381. The van der Waals surface area contributed by atoms with Crippen LogP contribution in [0.25, 0.3) is 0 Å². The Labute approximate surface area is 164 Å². The highest BCUT2D eigenvalue weighted by atomic mass is 127. The zero-order chi connectivity index (χ0) is 17.8. The van der Waals surface area contributed by atoms with Crippen molar-refractivity contribution in [2.75, 3.05) is 18.0 Å². The van der Waals surface area contributed by atoms with Crippen molar-refractivity contribution in [2.45, 2.75) is 32.7 Å². The van der Waals surface area contributed by atoms with Crippen LogP contribution >= 0.6 is 22.6 Å². The zero-order valence-electron chi connectivity index (χ0n) is 14.8. The molecule has 0 aliphatic carbocycles. The maximum absolute atomic E-state index is 12.4. The lowest BCUT2D eigenvalue weighted by molar-refractivity contribution is 0.0940. The summed E-state index contributed by atoms with van der Waals surface area (Å²) in [6.07, 6.45) is 2.60. The van der Waals surface area contributed by atoms with Crippen LogP contribution in [0.1, 0.15) is 48.7 Å². The van der Waals surface area contributed by atoms with Crippen molar-refractivity contribution in [3.63, 3.8) is 0 Å². The van der Waals surface area contributed by atoms with E-state index >= 15 is 0 Å². The Kier molecular flexibility index (Phi) is 5.99. The number of carbonyl (C=O) groups excluding carboxylic acids is 1. The van der Waals surface area contributed by atoms with Gasteiger partial charge in [0.05, 0.1) is 6.04 Å². The number of anilines is 1. The molecule has 1 saturated heterocycles. The van der Waals surface area contributed by atoms with E-state index in [1.165, 1.54) is 18.5 Å². The molecule has 3 rings (SSSR count). The highest BCUT2D eigenvalue weighted by Gasteiger charge is 2.17. The second-order valence-corrected chi connectivity index (χ2v) is 8.23. The lowest BCUT2D eigenvalue weighted by Crippen LogP contribution is -2.34. The number of hydrogen-bond donors (Lipinski definition) is 1. The van der Waals surface area contributed by atoms with Crippen molar-refractivity contribution in [3.8, 4) is 0 Å². The molecule has 0 aromatic heterocycles. The Morgan fingerprint density at radius 2 is 1.84 bits per heavy atom. The molecule has 25 heavy (non-hydrogen) atoms. The predicted molar refractivity (Wildman–Crippen MR) is 112 cm³/mol. The molecule has 1 aliphatic rings. The SMILES string of the molecule is C[C@@H]1CCCN(c2ccc([C@@H](C)NC(=O)c3ccc(I)cc3)cc2)C1. The average molecular weight is 448 g/mol. The molecule has 0 unspecified atom stereocenters. The third kappa shape index (κ3) is 4.75. The molecular weight excluding hydrogens is 423 g/mol. The maximum atomic E-state index is 12.4. The fourth-order valence-corrected chi connectivity index (χ4v) is 3.72. The van der Waals surface area contributed by atoms with Crippen LogP contribution < -0.4 is 10.2 Å². The first-order chi connectivity index (χ1) is 12.0. The molecule has 4 heteroatoms. The van der Waals surface area contributed by atoms with Gasteiger partial charge in [-0.1, -0.05) is 19.1 Å². The molecule has 1 heterocycles. The summed E-state index contributed by atoms with van der Waals surface area (Å²) < 4.78 is 1.13. The number of carbonyl (C=O) groups is 1. The van der Waals surface area contributed by atoms with E-state index in [4.69, 9.17) is 0 Å². The van der Waals surface area contributed by atoms with Crippen molar-refractivity contribution >= 4 is 34.2 Å². The minimum Gasteiger partial charge on any atom is -0.371 e. The van der Waals surface area contributed by atoms with E-state index < -0.39 is 0 Å². The van der Waals surface area contributed by atoms with E-state index in [1.807, 2.05) is 31.2 Å². The lowest BCUT2D eigenvalue weighted by atomic mass is 9.99. The highest BCUT2D eigenvalue weighted by molar-refractivity contribution is 14.1. The van der Waals surface area contributed by atoms with E-state index in [0.717, 1.165) is 28.1 Å². The molecule has 1 amide bonds. The summed E-state index contributed by atoms with van der Waals surface area (Å²) >= 11 is 2.24. The number of nitrogens with zero attached hydrogens (tertiary/aromatic N) is 1. The van der Waals surface area contributed by atoms with E-state index in [9.17, 15) is 4.79 Å². The van der Waals surface area contributed by atoms with Gasteiger partial charge in [0.1, 0.15) is 0 Å². The molecule has 1 fully saturated rings. The lowest BCUT2D eigenvalue weighted by Gasteiger charge is -2.33. The van der Waals surface area contributed by atoms with Crippen molar-refractivity contribution in [2.24, 2.45) is 5.92 Å². The van der Waals surface area contributed by atoms with Gasteiger partial charge in [-0.15, -0.1) is 0 Å². The van der Waals surface area contributed by atoms with Crippen LogP contribution in [0.2, 0.25) is 0 Å². The van der Waals surface area contributed by atoms with Crippen LogP contribution in [0.15, 0.2) is 48.5 Å². The van der Waals surface area contributed by atoms with E-state index in [2.05, 4.69) is 64.0 Å². The summed E-state index contributed by atoms with van der Waals surface area (Å²) in [5.74, 6) is 0.735. The molecule has 3 nitrogen and oxygen atoms in total. The van der Waals surface area contributed by atoms with E-state index in [0.29, 0.717) is 5.56 Å². The number of hydrogen-bond acceptors (Lipinski definition) is 2. The van der Waals surface area contributed by atoms with E-state index in [1.54, 1.807) is 0 Å². The molecule has 2 aromatic rings. The van der Waals surface area contributed by atoms with Crippen molar-refractivity contribution in [3.05, 3.63) is 63.2 Å². The summed E-state index contributed by atoms with van der Waals surface area (Å²) in [4.78, 5) is 14.8. The van der Waals surface area contributed by atoms with Gasteiger partial charge < -0.3 is 10.2 Å². The van der Waals surface area contributed by atoms with Gasteiger partial charge in [0, 0.05) is 27.9 Å². The van der Waals surface area contributed by atoms with Crippen LogP contribution in [0, 0.1) is 9.49 Å². The summed E-state index contributed by atoms with van der Waals surface area (Å²) in [5, 5.41) is 3.08. The highest BCUT2D eigenvalue weighted by Crippen LogP contribution is 2.24. The third-order valence-corrected chi connectivity index (χ3v) is 5.59. The normalized spacial score (nSPS) is 18.7. The summed E-state index contributed by atoms with van der Waals surface area (Å²) in [5.41, 5.74) is 3.12. The number of amides is 1. The van der Waals surface area contributed by atoms with Gasteiger partial charge >= 0.3 is 0 Å². The average Bonchev–Trinajstić information content (AvgIpc) is 2.62. The largest absolute Gasteiger partial charge is 0.371 e. The molecule has 132 valence electrons. The van der Waals surface area contributed by atoms with Crippen molar-refractivity contribution < 1.29 is 4.79 Å². The van der Waals surface area contributed by atoms with Gasteiger partial charge in [0.25, 0.3) is 5.91 Å². The van der Waals surface area contributed by atoms with Crippen LogP contribution in [0.5, 0.6) is 0 Å². The predicted octanol–water partition coefficient (Wildman–Crippen LogP) is 5.02. The smallest absolute Gasteiger partial charge is 0.251 e. The van der Waals surface area contributed by atoms with Crippen molar-refractivity contribution in [1.82, 2.24) is 5.32 Å². The summed E-state index contributed by atoms with van der Waals surface area (Å²) in [6.45, 7) is 6.63. The van der Waals surface area contributed by atoms with Gasteiger partial charge in [-0.3, -0.25) is 4.79 Å². The number of benzene rings is 2. The Morgan fingerprint density at radius 3 is 2.48 bits per heavy atom. The Morgan fingerprint density at radius 1 is 1.16 bits per heavy atom. The first kappa shape index (κ1) is 18.2. The minimum absolute atomic E-state index is 0.0129. The molecular formula is C21H25IN2O. The first-order valence-electron chi connectivity index (χ1n) is 8.94. The van der Waals surface area contributed by atoms with Gasteiger partial charge in [-0.05, 0) is 90.2 Å². The van der Waals surface area contributed by atoms with Gasteiger partial charge in [0.2, 0.25) is 0 Å². The molecule has 0 radical (unpaired) electrons. The molecule has 0 bridgehead atoms. The number of piperidine rings is 1.